The van der Waals surface area contributed by atoms with Gasteiger partial charge in [0, 0.05) is 19.6 Å². The number of nitrogens with zero attached hydrogens (tertiary/aromatic N) is 1. The van der Waals surface area contributed by atoms with Crippen LogP contribution in [0.4, 0.5) is 0 Å². The number of guanidine groups is 1. The van der Waals surface area contributed by atoms with Crippen LogP contribution >= 0.6 is 24.0 Å². The number of halogens is 1. The number of hydrogen-bond donors (Lipinski definition) is 2. The van der Waals surface area contributed by atoms with Crippen LogP contribution in [0.2, 0.25) is 0 Å². The average molecular weight is 367 g/mol. The van der Waals surface area contributed by atoms with E-state index in [9.17, 15) is 0 Å². The molecule has 0 saturated heterocycles. The highest BCUT2D eigenvalue weighted by Crippen LogP contribution is 2.41. The maximum absolute atomic E-state index is 4.77. The van der Waals surface area contributed by atoms with E-state index in [-0.39, 0.29) is 24.0 Å². The van der Waals surface area contributed by atoms with E-state index < -0.39 is 0 Å². The van der Waals surface area contributed by atoms with E-state index >= 15 is 0 Å². The van der Waals surface area contributed by atoms with Crippen LogP contribution in [0.1, 0.15) is 59.3 Å². The van der Waals surface area contributed by atoms with E-state index in [1.807, 2.05) is 0 Å². The molecule has 0 heterocycles. The van der Waals surface area contributed by atoms with Crippen molar-refractivity contribution in [3.05, 3.63) is 0 Å². The Kier molecular flexibility index (Phi) is 9.87. The molecule has 108 valence electrons. The van der Waals surface area contributed by atoms with Gasteiger partial charge in [-0.2, -0.15) is 0 Å². The van der Waals surface area contributed by atoms with Gasteiger partial charge in [-0.25, -0.2) is 0 Å². The van der Waals surface area contributed by atoms with Crippen molar-refractivity contribution in [2.75, 3.05) is 19.6 Å². The van der Waals surface area contributed by atoms with Crippen molar-refractivity contribution in [1.29, 1.82) is 0 Å². The molecule has 18 heavy (non-hydrogen) atoms. The van der Waals surface area contributed by atoms with Crippen LogP contribution in [-0.2, 0) is 0 Å². The van der Waals surface area contributed by atoms with Gasteiger partial charge in [0.05, 0.1) is 0 Å². The Hall–Kier alpha value is 0. The lowest BCUT2D eigenvalue weighted by molar-refractivity contribution is 0.297. The van der Waals surface area contributed by atoms with E-state index in [1.54, 1.807) is 0 Å². The van der Waals surface area contributed by atoms with Crippen molar-refractivity contribution in [3.8, 4) is 0 Å². The van der Waals surface area contributed by atoms with Gasteiger partial charge >= 0.3 is 0 Å². The Morgan fingerprint density at radius 1 is 1.11 bits per heavy atom. The molecule has 0 unspecified atom stereocenters. The molecule has 0 radical (unpaired) electrons. The third-order valence-electron chi connectivity index (χ3n) is 3.87. The highest BCUT2D eigenvalue weighted by molar-refractivity contribution is 14.0. The van der Waals surface area contributed by atoms with Crippen molar-refractivity contribution in [1.82, 2.24) is 10.6 Å². The standard InChI is InChI=1S/C14H29N3.HI/c1-4-11-16-13(15-6-3)17-12-14(5-2)9-7-8-10-14;/h4-12H2,1-3H3,(H2,15,16,17);1H. The third kappa shape index (κ3) is 5.76. The Bertz CT molecular complexity index is 235. The first kappa shape index (κ1) is 18.0. The lowest BCUT2D eigenvalue weighted by atomic mass is 9.84. The first-order chi connectivity index (χ1) is 8.26. The summed E-state index contributed by atoms with van der Waals surface area (Å²) >= 11 is 0. The number of hydrogen-bond acceptors (Lipinski definition) is 1. The normalized spacial score (nSPS) is 18.3. The third-order valence-corrected chi connectivity index (χ3v) is 3.87. The molecule has 0 amide bonds. The van der Waals surface area contributed by atoms with Crippen molar-refractivity contribution in [2.45, 2.75) is 59.3 Å². The summed E-state index contributed by atoms with van der Waals surface area (Å²) in [5, 5.41) is 6.70. The van der Waals surface area contributed by atoms with Crippen molar-refractivity contribution >= 4 is 29.9 Å². The van der Waals surface area contributed by atoms with E-state index in [0.717, 1.165) is 32.0 Å². The zero-order valence-electron chi connectivity index (χ0n) is 12.2. The first-order valence-electron chi connectivity index (χ1n) is 7.28. The first-order valence-corrected chi connectivity index (χ1v) is 7.28. The Balaban J connectivity index is 0.00000289. The minimum atomic E-state index is 0. The van der Waals surface area contributed by atoms with Crippen LogP contribution in [-0.4, -0.2) is 25.6 Å². The molecule has 0 aromatic heterocycles. The molecule has 0 spiro atoms. The van der Waals surface area contributed by atoms with Gasteiger partial charge in [0.1, 0.15) is 0 Å². The summed E-state index contributed by atoms with van der Waals surface area (Å²) in [6, 6.07) is 0. The molecule has 2 N–H and O–H groups in total. The minimum Gasteiger partial charge on any atom is -0.357 e. The number of rotatable bonds is 6. The molecule has 3 nitrogen and oxygen atoms in total. The van der Waals surface area contributed by atoms with Gasteiger partial charge in [0.25, 0.3) is 0 Å². The van der Waals surface area contributed by atoms with E-state index in [2.05, 4.69) is 31.4 Å². The molecular formula is C14H30IN3. The van der Waals surface area contributed by atoms with E-state index in [4.69, 9.17) is 4.99 Å². The van der Waals surface area contributed by atoms with Crippen LogP contribution in [0.15, 0.2) is 4.99 Å². The Morgan fingerprint density at radius 3 is 2.28 bits per heavy atom. The second-order valence-electron chi connectivity index (χ2n) is 5.18. The monoisotopic (exact) mass is 367 g/mol. The summed E-state index contributed by atoms with van der Waals surface area (Å²) < 4.78 is 0. The molecular weight excluding hydrogens is 337 g/mol. The van der Waals surface area contributed by atoms with Crippen LogP contribution in [0.25, 0.3) is 0 Å². The summed E-state index contributed by atoms with van der Waals surface area (Å²) in [4.78, 5) is 4.77. The van der Waals surface area contributed by atoms with Gasteiger partial charge in [-0.1, -0.05) is 26.7 Å². The molecule has 0 atom stereocenters. The van der Waals surface area contributed by atoms with Gasteiger partial charge in [-0.05, 0) is 38.0 Å². The second kappa shape index (κ2) is 9.87. The van der Waals surface area contributed by atoms with Crippen LogP contribution in [0.3, 0.4) is 0 Å². The summed E-state index contributed by atoms with van der Waals surface area (Å²) in [6.45, 7) is 9.55. The minimum absolute atomic E-state index is 0. The molecule has 1 aliphatic rings. The molecule has 4 heteroatoms. The molecule has 0 aliphatic heterocycles. The van der Waals surface area contributed by atoms with E-state index in [0.29, 0.717) is 5.41 Å². The quantitative estimate of drug-likeness (QED) is 0.428. The predicted octanol–water partition coefficient (Wildman–Crippen LogP) is 3.54. The number of nitrogens with one attached hydrogen (secondary N) is 2. The van der Waals surface area contributed by atoms with E-state index in [1.165, 1.54) is 32.1 Å². The molecule has 1 fully saturated rings. The van der Waals surface area contributed by atoms with Crippen molar-refractivity contribution in [3.63, 3.8) is 0 Å². The Labute approximate surface area is 130 Å². The fourth-order valence-electron chi connectivity index (χ4n) is 2.58. The second-order valence-corrected chi connectivity index (χ2v) is 5.18. The molecule has 0 bridgehead atoms. The van der Waals surface area contributed by atoms with Crippen molar-refractivity contribution < 1.29 is 0 Å². The van der Waals surface area contributed by atoms with Gasteiger partial charge in [-0.3, -0.25) is 4.99 Å². The fourth-order valence-corrected chi connectivity index (χ4v) is 2.58. The summed E-state index contributed by atoms with van der Waals surface area (Å²) in [6.07, 6.45) is 7.91. The highest BCUT2D eigenvalue weighted by Gasteiger charge is 2.31. The molecule has 1 rings (SSSR count). The van der Waals surface area contributed by atoms with Crippen LogP contribution in [0.5, 0.6) is 0 Å². The smallest absolute Gasteiger partial charge is 0.191 e. The van der Waals surface area contributed by atoms with Crippen LogP contribution < -0.4 is 10.6 Å². The van der Waals surface area contributed by atoms with Gasteiger partial charge in [0.2, 0.25) is 0 Å². The zero-order valence-corrected chi connectivity index (χ0v) is 14.5. The lowest BCUT2D eigenvalue weighted by Crippen LogP contribution is -2.38. The molecule has 1 saturated carbocycles. The van der Waals surface area contributed by atoms with Gasteiger partial charge in [0.15, 0.2) is 5.96 Å². The maximum Gasteiger partial charge on any atom is 0.191 e. The lowest BCUT2D eigenvalue weighted by Gasteiger charge is -2.25. The molecule has 0 aromatic carbocycles. The summed E-state index contributed by atoms with van der Waals surface area (Å²) in [5.74, 6) is 0.995. The topological polar surface area (TPSA) is 36.4 Å². The number of aliphatic imine (C=N–C) groups is 1. The Morgan fingerprint density at radius 2 is 1.78 bits per heavy atom. The maximum atomic E-state index is 4.77. The largest absolute Gasteiger partial charge is 0.357 e. The SMILES string of the molecule is CCCNC(=NCC1(CC)CCCC1)NCC.I. The summed E-state index contributed by atoms with van der Waals surface area (Å²) in [7, 11) is 0. The molecule has 0 aromatic rings. The van der Waals surface area contributed by atoms with Crippen molar-refractivity contribution in [2.24, 2.45) is 10.4 Å². The fraction of sp³-hybridized carbons (Fsp3) is 0.929. The van der Waals surface area contributed by atoms with Gasteiger partial charge in [-0.15, -0.1) is 24.0 Å². The highest BCUT2D eigenvalue weighted by atomic mass is 127. The van der Waals surface area contributed by atoms with Crippen LogP contribution in [0, 0.1) is 5.41 Å². The zero-order chi connectivity index (χ0) is 12.6. The summed E-state index contributed by atoms with van der Waals surface area (Å²) in [5.41, 5.74) is 0.495. The molecule has 1 aliphatic carbocycles. The van der Waals surface area contributed by atoms with Gasteiger partial charge < -0.3 is 10.6 Å². The predicted molar refractivity (Wildman–Crippen MR) is 90.9 cm³/mol. The average Bonchev–Trinajstić information content (AvgIpc) is 2.82.